The third-order valence-electron chi connectivity index (χ3n) is 3.79. The molecule has 2 aliphatic carbocycles. The Kier molecular flexibility index (Phi) is 1.70. The van der Waals surface area contributed by atoms with Gasteiger partial charge in [-0.1, -0.05) is 0 Å². The maximum Gasteiger partial charge on any atom is 0.290 e. The van der Waals surface area contributed by atoms with Crippen molar-refractivity contribution < 1.29 is 9.59 Å². The summed E-state index contributed by atoms with van der Waals surface area (Å²) in [4.78, 5) is 24.1. The fourth-order valence-electron chi connectivity index (χ4n) is 2.66. The molecule has 3 rings (SSSR count). The van der Waals surface area contributed by atoms with Crippen LogP contribution >= 0.6 is 0 Å². The lowest BCUT2D eigenvalue weighted by molar-refractivity contribution is -0.140. The number of ketones is 1. The maximum absolute atomic E-state index is 11.3. The summed E-state index contributed by atoms with van der Waals surface area (Å²) in [6.07, 6.45) is 4.53. The molecule has 3 nitrogen and oxygen atoms in total. The lowest BCUT2D eigenvalue weighted by Crippen LogP contribution is -2.29. The van der Waals surface area contributed by atoms with Gasteiger partial charge in [0.2, 0.25) is 5.78 Å². The molecule has 3 aliphatic rings. The van der Waals surface area contributed by atoms with Crippen LogP contribution in [-0.4, -0.2) is 29.7 Å². The summed E-state index contributed by atoms with van der Waals surface area (Å²) in [5, 5.41) is 0. The van der Waals surface area contributed by atoms with Crippen LogP contribution in [0.3, 0.4) is 0 Å². The minimum Gasteiger partial charge on any atom is -0.335 e. The Morgan fingerprint density at radius 1 is 1.29 bits per heavy atom. The fraction of sp³-hybridized carbons (Fsp3) is 0.818. The Morgan fingerprint density at radius 2 is 2.07 bits per heavy atom. The molecule has 1 heterocycles. The molecule has 3 fully saturated rings. The van der Waals surface area contributed by atoms with Gasteiger partial charge in [0.15, 0.2) is 0 Å². The second kappa shape index (κ2) is 2.81. The van der Waals surface area contributed by atoms with Crippen LogP contribution in [0.2, 0.25) is 0 Å². The van der Waals surface area contributed by atoms with Gasteiger partial charge in [-0.05, 0) is 37.0 Å². The Hall–Kier alpha value is -0.860. The number of likely N-dealkylation sites (tertiary alicyclic amines) is 1. The quantitative estimate of drug-likeness (QED) is 0.623. The summed E-state index contributed by atoms with van der Waals surface area (Å²) >= 11 is 0. The molecule has 2 unspecified atom stereocenters. The normalized spacial score (nSPS) is 36.7. The van der Waals surface area contributed by atoms with Gasteiger partial charge in [0.1, 0.15) is 0 Å². The predicted molar refractivity (Wildman–Crippen MR) is 50.5 cm³/mol. The molecule has 0 N–H and O–H groups in total. The largest absolute Gasteiger partial charge is 0.335 e. The minimum absolute atomic E-state index is 0.186. The van der Waals surface area contributed by atoms with Gasteiger partial charge in [-0.15, -0.1) is 0 Å². The van der Waals surface area contributed by atoms with Crippen LogP contribution in [0, 0.1) is 17.8 Å². The van der Waals surface area contributed by atoms with Crippen LogP contribution in [0.1, 0.15) is 25.7 Å². The van der Waals surface area contributed by atoms with Crippen LogP contribution in [0.15, 0.2) is 0 Å². The van der Waals surface area contributed by atoms with E-state index >= 15 is 0 Å². The zero-order valence-corrected chi connectivity index (χ0v) is 8.24. The second-order valence-corrected chi connectivity index (χ2v) is 4.92. The average molecular weight is 193 g/mol. The van der Waals surface area contributed by atoms with E-state index in [4.69, 9.17) is 0 Å². The third kappa shape index (κ3) is 1.35. The van der Waals surface area contributed by atoms with E-state index in [1.807, 2.05) is 0 Å². The van der Waals surface area contributed by atoms with E-state index in [-0.39, 0.29) is 11.7 Å². The van der Waals surface area contributed by atoms with Crippen molar-refractivity contribution in [2.75, 3.05) is 13.1 Å². The Labute approximate surface area is 83.5 Å². The summed E-state index contributed by atoms with van der Waals surface area (Å²) in [6.45, 7) is 1.53. The maximum atomic E-state index is 11.3. The molecule has 1 saturated heterocycles. The molecule has 0 bridgehead atoms. The molecule has 1 aliphatic heterocycles. The van der Waals surface area contributed by atoms with Crippen molar-refractivity contribution in [1.29, 1.82) is 0 Å². The van der Waals surface area contributed by atoms with Crippen LogP contribution < -0.4 is 0 Å². The molecule has 3 heteroatoms. The minimum atomic E-state index is -0.230. The highest BCUT2D eigenvalue weighted by molar-refractivity contribution is 6.37. The number of carbonyl (C=O) groups is 2. The second-order valence-electron chi connectivity index (χ2n) is 4.92. The van der Waals surface area contributed by atoms with Crippen LogP contribution in [0.25, 0.3) is 0 Å². The molecule has 0 spiro atoms. The lowest BCUT2D eigenvalue weighted by Gasteiger charge is -2.13. The first-order chi connectivity index (χ1) is 6.75. The van der Waals surface area contributed by atoms with E-state index in [1.54, 1.807) is 4.90 Å². The van der Waals surface area contributed by atoms with Crippen molar-refractivity contribution in [2.24, 2.45) is 17.8 Å². The smallest absolute Gasteiger partial charge is 0.290 e. The predicted octanol–water partition coefficient (Wildman–Crippen LogP) is 0.834. The molecule has 2 saturated carbocycles. The highest BCUT2D eigenvalue weighted by Crippen LogP contribution is 2.54. The number of carbonyl (C=O) groups excluding carboxylic acids is 2. The summed E-state index contributed by atoms with van der Waals surface area (Å²) in [6, 6.07) is 0. The van der Waals surface area contributed by atoms with E-state index in [0.29, 0.717) is 13.0 Å². The van der Waals surface area contributed by atoms with Crippen molar-refractivity contribution in [2.45, 2.75) is 25.7 Å². The van der Waals surface area contributed by atoms with Crippen molar-refractivity contribution in [1.82, 2.24) is 4.90 Å². The molecule has 0 radical (unpaired) electrons. The molecular formula is C11H15NO2. The first kappa shape index (κ1) is 8.45. The van der Waals surface area contributed by atoms with Crippen molar-refractivity contribution >= 4 is 11.7 Å². The molecule has 76 valence electrons. The van der Waals surface area contributed by atoms with Crippen molar-refractivity contribution in [3.63, 3.8) is 0 Å². The summed E-state index contributed by atoms with van der Waals surface area (Å²) < 4.78 is 0. The van der Waals surface area contributed by atoms with Gasteiger partial charge in [0.25, 0.3) is 5.91 Å². The van der Waals surface area contributed by atoms with Crippen molar-refractivity contribution in [3.8, 4) is 0 Å². The van der Waals surface area contributed by atoms with Gasteiger partial charge in [0, 0.05) is 19.5 Å². The van der Waals surface area contributed by atoms with E-state index in [9.17, 15) is 9.59 Å². The molecule has 14 heavy (non-hydrogen) atoms. The molecule has 1 amide bonds. The number of Topliss-reactive ketones (excluding diaryl/α,β-unsaturated/α-hetero) is 1. The van der Waals surface area contributed by atoms with E-state index in [0.717, 1.165) is 24.3 Å². The Bertz CT molecular complexity index is 296. The topological polar surface area (TPSA) is 37.4 Å². The monoisotopic (exact) mass is 193 g/mol. The molecule has 0 aromatic rings. The fourth-order valence-corrected chi connectivity index (χ4v) is 2.66. The molecule has 2 atom stereocenters. The molecule has 0 aromatic heterocycles. The Morgan fingerprint density at radius 3 is 2.64 bits per heavy atom. The van der Waals surface area contributed by atoms with Crippen molar-refractivity contribution in [3.05, 3.63) is 0 Å². The zero-order valence-electron chi connectivity index (χ0n) is 8.24. The van der Waals surface area contributed by atoms with E-state index in [2.05, 4.69) is 0 Å². The highest BCUT2D eigenvalue weighted by atomic mass is 16.2. The van der Waals surface area contributed by atoms with Crippen LogP contribution in [-0.2, 0) is 9.59 Å². The number of amides is 1. The van der Waals surface area contributed by atoms with Gasteiger partial charge in [0.05, 0.1) is 0 Å². The molecule has 0 aromatic carbocycles. The average Bonchev–Trinajstić information content (AvgIpc) is 3.00. The first-order valence-corrected chi connectivity index (χ1v) is 5.58. The zero-order chi connectivity index (χ0) is 9.71. The summed E-state index contributed by atoms with van der Waals surface area (Å²) in [5.74, 6) is 2.16. The van der Waals surface area contributed by atoms with Crippen LogP contribution in [0.4, 0.5) is 0 Å². The van der Waals surface area contributed by atoms with E-state index in [1.165, 1.54) is 19.3 Å². The summed E-state index contributed by atoms with van der Waals surface area (Å²) in [7, 11) is 0. The lowest BCUT2D eigenvalue weighted by atomic mass is 10.2. The number of nitrogens with zero attached hydrogens (tertiary/aromatic N) is 1. The number of rotatable bonds is 3. The number of hydrogen-bond donors (Lipinski definition) is 0. The van der Waals surface area contributed by atoms with Gasteiger partial charge in [-0.25, -0.2) is 0 Å². The Balaban J connectivity index is 1.53. The first-order valence-electron chi connectivity index (χ1n) is 5.58. The summed E-state index contributed by atoms with van der Waals surface area (Å²) in [5.41, 5.74) is 0. The van der Waals surface area contributed by atoms with Gasteiger partial charge in [-0.3, -0.25) is 9.59 Å². The van der Waals surface area contributed by atoms with Gasteiger partial charge < -0.3 is 4.90 Å². The van der Waals surface area contributed by atoms with Gasteiger partial charge in [-0.2, -0.15) is 0 Å². The SMILES string of the molecule is O=C1CCN(CC2CC2C2CC2)C1=O. The standard InChI is InChI=1S/C11H15NO2/c13-10-3-4-12(11(10)14)6-8-5-9(8)7-1-2-7/h7-9H,1-6H2. The highest BCUT2D eigenvalue weighted by Gasteiger charge is 2.48. The van der Waals surface area contributed by atoms with E-state index < -0.39 is 0 Å². The van der Waals surface area contributed by atoms with Gasteiger partial charge >= 0.3 is 0 Å². The third-order valence-corrected chi connectivity index (χ3v) is 3.79. The van der Waals surface area contributed by atoms with Crippen LogP contribution in [0.5, 0.6) is 0 Å². The molecular weight excluding hydrogens is 178 g/mol. The number of hydrogen-bond acceptors (Lipinski definition) is 2.